The van der Waals surface area contributed by atoms with Crippen LogP contribution < -0.4 is 5.73 Å². The monoisotopic (exact) mass is 221 g/mol. The number of carbonyl (C=O) groups is 2. The van der Waals surface area contributed by atoms with E-state index in [1.807, 2.05) is 0 Å². The van der Waals surface area contributed by atoms with Crippen LogP contribution in [0.15, 0.2) is 18.2 Å². The van der Waals surface area contributed by atoms with E-state index in [0.29, 0.717) is 6.42 Å². The van der Waals surface area contributed by atoms with Crippen LogP contribution in [-0.2, 0) is 11.2 Å². The molecule has 0 aromatic heterocycles. The maximum Gasteiger partial charge on any atom is 0.163 e. The van der Waals surface area contributed by atoms with Crippen LogP contribution in [0.1, 0.15) is 29.8 Å². The molecule has 0 bridgehead atoms. The second-order valence-corrected chi connectivity index (χ2v) is 3.83. The van der Waals surface area contributed by atoms with Gasteiger partial charge in [0, 0.05) is 0 Å². The zero-order valence-corrected chi connectivity index (χ0v) is 9.36. The molecule has 1 atom stereocenters. The van der Waals surface area contributed by atoms with E-state index in [1.165, 1.54) is 19.9 Å². The summed E-state index contributed by atoms with van der Waals surface area (Å²) < 4.78 is 0. The normalized spacial score (nSPS) is 12.2. The molecule has 0 saturated carbocycles. The molecule has 0 aliphatic carbocycles. The number of nitrogens with two attached hydrogens (primary N) is 1. The van der Waals surface area contributed by atoms with E-state index in [0.717, 1.165) is 5.56 Å². The first kappa shape index (κ1) is 12.4. The summed E-state index contributed by atoms with van der Waals surface area (Å²) in [6.45, 7) is 2.81. The summed E-state index contributed by atoms with van der Waals surface area (Å²) in [5.74, 6) is -0.360. The number of hydrogen-bond donors (Lipinski definition) is 2. The fourth-order valence-electron chi connectivity index (χ4n) is 1.39. The van der Waals surface area contributed by atoms with Gasteiger partial charge in [0.05, 0.1) is 11.6 Å². The number of Topliss-reactive ketones (excluding diaryl/α,β-unsaturated/α-hetero) is 2. The van der Waals surface area contributed by atoms with Gasteiger partial charge < -0.3 is 10.8 Å². The predicted molar refractivity (Wildman–Crippen MR) is 60.5 cm³/mol. The summed E-state index contributed by atoms with van der Waals surface area (Å²) in [4.78, 5) is 22.2. The molecule has 3 N–H and O–H groups in total. The Labute approximate surface area is 94.1 Å². The molecule has 1 rings (SSSR count). The van der Waals surface area contributed by atoms with Gasteiger partial charge in [-0.25, -0.2) is 0 Å². The van der Waals surface area contributed by atoms with E-state index < -0.39 is 6.04 Å². The van der Waals surface area contributed by atoms with Crippen molar-refractivity contribution in [2.24, 2.45) is 5.73 Å². The van der Waals surface area contributed by atoms with Gasteiger partial charge in [0.15, 0.2) is 5.78 Å². The van der Waals surface area contributed by atoms with Gasteiger partial charge >= 0.3 is 0 Å². The van der Waals surface area contributed by atoms with Gasteiger partial charge in [0.1, 0.15) is 11.5 Å². The summed E-state index contributed by atoms with van der Waals surface area (Å²) in [7, 11) is 0. The molecule has 0 radical (unpaired) electrons. The van der Waals surface area contributed by atoms with Crippen molar-refractivity contribution in [1.82, 2.24) is 0 Å². The fourth-order valence-corrected chi connectivity index (χ4v) is 1.39. The van der Waals surface area contributed by atoms with Gasteiger partial charge in [-0.2, -0.15) is 0 Å². The fraction of sp³-hybridized carbons (Fsp3) is 0.333. The minimum atomic E-state index is -0.565. The second-order valence-electron chi connectivity index (χ2n) is 3.83. The van der Waals surface area contributed by atoms with Crippen LogP contribution >= 0.6 is 0 Å². The standard InChI is InChI=1S/C12H15NO3/c1-7(14)10-5-9(3-4-12(10)16)6-11(13)8(2)15/h3-5,11,16H,6,13H2,1-2H3. The van der Waals surface area contributed by atoms with Crippen LogP contribution in [0.25, 0.3) is 0 Å². The van der Waals surface area contributed by atoms with Crippen LogP contribution in [0.5, 0.6) is 5.75 Å². The Balaban J connectivity index is 2.95. The van der Waals surface area contributed by atoms with Crippen LogP contribution in [0.3, 0.4) is 0 Å². The maximum absolute atomic E-state index is 11.2. The third-order valence-corrected chi connectivity index (χ3v) is 2.42. The second kappa shape index (κ2) is 4.90. The summed E-state index contributed by atoms with van der Waals surface area (Å²) in [5.41, 5.74) is 6.64. The number of rotatable bonds is 4. The lowest BCUT2D eigenvalue weighted by molar-refractivity contribution is -0.118. The van der Waals surface area contributed by atoms with E-state index in [-0.39, 0.29) is 22.9 Å². The van der Waals surface area contributed by atoms with E-state index in [1.54, 1.807) is 12.1 Å². The number of hydrogen-bond acceptors (Lipinski definition) is 4. The predicted octanol–water partition coefficient (Wildman–Crippen LogP) is 1.05. The molecule has 0 aliphatic rings. The molecule has 0 saturated heterocycles. The average Bonchev–Trinajstić information content (AvgIpc) is 2.20. The Morgan fingerprint density at radius 2 is 2.00 bits per heavy atom. The number of phenols is 1. The first-order valence-corrected chi connectivity index (χ1v) is 5.00. The Morgan fingerprint density at radius 3 is 2.50 bits per heavy atom. The lowest BCUT2D eigenvalue weighted by Gasteiger charge is -2.09. The summed E-state index contributed by atoms with van der Waals surface area (Å²) in [6.07, 6.45) is 0.371. The summed E-state index contributed by atoms with van der Waals surface area (Å²) >= 11 is 0. The SMILES string of the molecule is CC(=O)c1cc(CC(N)C(C)=O)ccc1O. The number of ketones is 2. The number of carbonyl (C=O) groups excluding carboxylic acids is 2. The van der Waals surface area contributed by atoms with Gasteiger partial charge in [0.2, 0.25) is 0 Å². The van der Waals surface area contributed by atoms with Crippen molar-refractivity contribution in [3.05, 3.63) is 29.3 Å². The van der Waals surface area contributed by atoms with Crippen molar-refractivity contribution >= 4 is 11.6 Å². The lowest BCUT2D eigenvalue weighted by Crippen LogP contribution is -2.30. The van der Waals surface area contributed by atoms with Crippen molar-refractivity contribution in [3.63, 3.8) is 0 Å². The van der Waals surface area contributed by atoms with Crippen molar-refractivity contribution in [2.75, 3.05) is 0 Å². The molecular weight excluding hydrogens is 206 g/mol. The van der Waals surface area contributed by atoms with Crippen molar-refractivity contribution in [3.8, 4) is 5.75 Å². The van der Waals surface area contributed by atoms with E-state index in [2.05, 4.69) is 0 Å². The highest BCUT2D eigenvalue weighted by Crippen LogP contribution is 2.19. The minimum absolute atomic E-state index is 0.0485. The molecule has 1 aromatic rings. The first-order chi connectivity index (χ1) is 7.41. The smallest absolute Gasteiger partial charge is 0.163 e. The Morgan fingerprint density at radius 1 is 1.38 bits per heavy atom. The number of phenolic OH excluding ortho intramolecular Hbond substituents is 1. The Kier molecular flexibility index (Phi) is 3.79. The zero-order chi connectivity index (χ0) is 12.3. The highest BCUT2D eigenvalue weighted by atomic mass is 16.3. The van der Waals surface area contributed by atoms with Crippen LogP contribution in [0, 0.1) is 0 Å². The molecule has 0 spiro atoms. The average molecular weight is 221 g/mol. The van der Waals surface area contributed by atoms with Crippen molar-refractivity contribution in [1.29, 1.82) is 0 Å². The number of aromatic hydroxyl groups is 1. The summed E-state index contributed by atoms with van der Waals surface area (Å²) in [6, 6.07) is 4.11. The zero-order valence-electron chi connectivity index (χ0n) is 9.36. The molecule has 0 aliphatic heterocycles. The largest absolute Gasteiger partial charge is 0.507 e. The van der Waals surface area contributed by atoms with Crippen LogP contribution in [0.4, 0.5) is 0 Å². The first-order valence-electron chi connectivity index (χ1n) is 5.00. The van der Waals surface area contributed by atoms with Crippen molar-refractivity contribution < 1.29 is 14.7 Å². The molecule has 0 fully saturated rings. The van der Waals surface area contributed by atoms with Crippen LogP contribution in [-0.4, -0.2) is 22.7 Å². The molecule has 0 amide bonds. The highest BCUT2D eigenvalue weighted by molar-refractivity contribution is 5.96. The van der Waals surface area contributed by atoms with Crippen molar-refractivity contribution in [2.45, 2.75) is 26.3 Å². The Bertz CT molecular complexity index is 426. The van der Waals surface area contributed by atoms with Gasteiger partial charge in [-0.15, -0.1) is 0 Å². The lowest BCUT2D eigenvalue weighted by atomic mass is 10.00. The third kappa shape index (κ3) is 2.90. The molecule has 4 nitrogen and oxygen atoms in total. The van der Waals surface area contributed by atoms with Gasteiger partial charge in [0.25, 0.3) is 0 Å². The molecule has 86 valence electrons. The summed E-state index contributed by atoms with van der Waals surface area (Å²) in [5, 5.41) is 9.43. The molecule has 16 heavy (non-hydrogen) atoms. The maximum atomic E-state index is 11.2. The van der Waals surface area contributed by atoms with E-state index in [4.69, 9.17) is 5.73 Å². The van der Waals surface area contributed by atoms with Gasteiger partial charge in [-0.05, 0) is 38.0 Å². The van der Waals surface area contributed by atoms with E-state index >= 15 is 0 Å². The molecule has 4 heteroatoms. The van der Waals surface area contributed by atoms with Gasteiger partial charge in [-0.1, -0.05) is 6.07 Å². The van der Waals surface area contributed by atoms with Gasteiger partial charge in [-0.3, -0.25) is 9.59 Å². The topological polar surface area (TPSA) is 80.4 Å². The highest BCUT2D eigenvalue weighted by Gasteiger charge is 2.12. The molecule has 0 heterocycles. The molecule has 1 aromatic carbocycles. The van der Waals surface area contributed by atoms with E-state index in [9.17, 15) is 14.7 Å². The molecule has 1 unspecified atom stereocenters. The number of benzene rings is 1. The Hall–Kier alpha value is -1.68. The quantitative estimate of drug-likeness (QED) is 0.745. The third-order valence-electron chi connectivity index (χ3n) is 2.42. The van der Waals surface area contributed by atoms with Crippen LogP contribution in [0.2, 0.25) is 0 Å². The minimum Gasteiger partial charge on any atom is -0.507 e. The molecular formula is C12H15NO3.